The number of carbonyl (C=O) groups excluding carboxylic acids is 2. The molecule has 1 saturated carbocycles. The maximum absolute atomic E-state index is 12.6. The molecule has 1 N–H and O–H groups in total. The van der Waals surface area contributed by atoms with E-state index in [9.17, 15) is 9.59 Å². The van der Waals surface area contributed by atoms with Crippen molar-refractivity contribution in [2.75, 3.05) is 6.54 Å². The first-order valence-corrected chi connectivity index (χ1v) is 8.03. The average molecular weight is 292 g/mol. The first-order chi connectivity index (χ1) is 9.50. The molecule has 2 amide bonds. The quantitative estimate of drug-likeness (QED) is 0.920. The highest BCUT2D eigenvalue weighted by Gasteiger charge is 2.50. The van der Waals surface area contributed by atoms with Crippen LogP contribution in [0.2, 0.25) is 0 Å². The van der Waals surface area contributed by atoms with Crippen LogP contribution in [0.25, 0.3) is 0 Å². The summed E-state index contributed by atoms with van der Waals surface area (Å²) >= 11 is 1.69. The lowest BCUT2D eigenvalue weighted by atomic mass is 9.93. The number of amides is 2. The Hall–Kier alpha value is -1.36. The monoisotopic (exact) mass is 292 g/mol. The fourth-order valence-electron chi connectivity index (χ4n) is 2.76. The minimum atomic E-state index is -0.750. The van der Waals surface area contributed by atoms with Gasteiger partial charge in [-0.3, -0.25) is 9.59 Å². The largest absolute Gasteiger partial charge is 0.342 e. The smallest absolute Gasteiger partial charge is 0.246 e. The zero-order chi connectivity index (χ0) is 14.3. The second-order valence-electron chi connectivity index (χ2n) is 6.17. The standard InChI is InChI=1S/C15H20N2O2S/c1-15(2)14(19)16-12(10-5-6-10)13(18)17(15)8-7-11-4-3-9-20-11/h3-4,9-10,12H,5-8H2,1-2H3,(H,16,19). The minimum absolute atomic E-state index is 0.0276. The van der Waals surface area contributed by atoms with Crippen molar-refractivity contribution in [1.29, 1.82) is 0 Å². The third-order valence-electron chi connectivity index (χ3n) is 4.30. The molecule has 0 radical (unpaired) electrons. The number of hydrogen-bond acceptors (Lipinski definition) is 3. The van der Waals surface area contributed by atoms with Gasteiger partial charge in [0.1, 0.15) is 11.6 Å². The van der Waals surface area contributed by atoms with Gasteiger partial charge in [0.15, 0.2) is 0 Å². The van der Waals surface area contributed by atoms with Crippen molar-refractivity contribution in [3.05, 3.63) is 22.4 Å². The Balaban J connectivity index is 1.76. The van der Waals surface area contributed by atoms with E-state index in [0.29, 0.717) is 12.5 Å². The summed E-state index contributed by atoms with van der Waals surface area (Å²) in [6, 6.07) is 3.80. The molecule has 1 atom stereocenters. The van der Waals surface area contributed by atoms with Crippen LogP contribution in [0.5, 0.6) is 0 Å². The highest BCUT2D eigenvalue weighted by molar-refractivity contribution is 7.09. The van der Waals surface area contributed by atoms with Crippen LogP contribution >= 0.6 is 11.3 Å². The Morgan fingerprint density at radius 2 is 2.15 bits per heavy atom. The number of rotatable bonds is 4. The molecule has 1 aromatic rings. The molecule has 0 bridgehead atoms. The van der Waals surface area contributed by atoms with E-state index in [1.165, 1.54) is 4.88 Å². The summed E-state index contributed by atoms with van der Waals surface area (Å²) in [4.78, 5) is 27.9. The van der Waals surface area contributed by atoms with Crippen molar-refractivity contribution in [3.8, 4) is 0 Å². The van der Waals surface area contributed by atoms with Gasteiger partial charge < -0.3 is 10.2 Å². The molecule has 2 fully saturated rings. The predicted octanol–water partition coefficient (Wildman–Crippen LogP) is 1.81. The molecule has 5 heteroatoms. The highest BCUT2D eigenvalue weighted by atomic mass is 32.1. The highest BCUT2D eigenvalue weighted by Crippen LogP contribution is 2.36. The average Bonchev–Trinajstić information content (AvgIpc) is 3.10. The molecular formula is C15H20N2O2S. The van der Waals surface area contributed by atoms with E-state index >= 15 is 0 Å². The van der Waals surface area contributed by atoms with E-state index in [-0.39, 0.29) is 17.9 Å². The molecule has 0 spiro atoms. The van der Waals surface area contributed by atoms with Crippen LogP contribution in [0.4, 0.5) is 0 Å². The van der Waals surface area contributed by atoms with E-state index in [4.69, 9.17) is 0 Å². The zero-order valence-corrected chi connectivity index (χ0v) is 12.7. The summed E-state index contributed by atoms with van der Waals surface area (Å²) in [5, 5.41) is 4.95. The maximum Gasteiger partial charge on any atom is 0.246 e. The number of nitrogens with zero attached hydrogens (tertiary/aromatic N) is 1. The van der Waals surface area contributed by atoms with Gasteiger partial charge in [-0.1, -0.05) is 6.07 Å². The van der Waals surface area contributed by atoms with Crippen LogP contribution in [-0.2, 0) is 16.0 Å². The predicted molar refractivity (Wildman–Crippen MR) is 78.5 cm³/mol. The third kappa shape index (κ3) is 2.35. The second kappa shape index (κ2) is 4.88. The molecule has 2 aliphatic rings. The normalized spacial score (nSPS) is 25.7. The van der Waals surface area contributed by atoms with Crippen LogP contribution in [0, 0.1) is 5.92 Å². The van der Waals surface area contributed by atoms with Crippen molar-refractivity contribution >= 4 is 23.2 Å². The van der Waals surface area contributed by atoms with Crippen molar-refractivity contribution in [2.24, 2.45) is 5.92 Å². The van der Waals surface area contributed by atoms with Gasteiger partial charge in [0.2, 0.25) is 11.8 Å². The van der Waals surface area contributed by atoms with Crippen molar-refractivity contribution in [2.45, 2.75) is 44.7 Å². The number of thiophene rings is 1. The van der Waals surface area contributed by atoms with Crippen LogP contribution in [0.1, 0.15) is 31.6 Å². The molecule has 0 aromatic carbocycles. The number of hydrogen-bond donors (Lipinski definition) is 1. The molecule has 1 aliphatic carbocycles. The fourth-order valence-corrected chi connectivity index (χ4v) is 3.46. The molecule has 108 valence electrons. The van der Waals surface area contributed by atoms with Crippen LogP contribution in [0.15, 0.2) is 17.5 Å². The van der Waals surface area contributed by atoms with Gasteiger partial charge >= 0.3 is 0 Å². The minimum Gasteiger partial charge on any atom is -0.342 e. The zero-order valence-electron chi connectivity index (χ0n) is 11.9. The lowest BCUT2D eigenvalue weighted by molar-refractivity contribution is -0.155. The molecule has 2 heterocycles. The Morgan fingerprint density at radius 1 is 1.40 bits per heavy atom. The second-order valence-corrected chi connectivity index (χ2v) is 7.20. The van der Waals surface area contributed by atoms with Gasteiger partial charge in [0, 0.05) is 11.4 Å². The molecule has 20 heavy (non-hydrogen) atoms. The van der Waals surface area contributed by atoms with E-state index in [2.05, 4.69) is 11.4 Å². The summed E-state index contributed by atoms with van der Waals surface area (Å²) in [7, 11) is 0. The molecule has 1 saturated heterocycles. The molecule has 1 unspecified atom stereocenters. The lowest BCUT2D eigenvalue weighted by Crippen LogP contribution is -2.69. The topological polar surface area (TPSA) is 49.4 Å². The van der Waals surface area contributed by atoms with Gasteiger partial charge in [0.05, 0.1) is 0 Å². The molecule has 4 nitrogen and oxygen atoms in total. The fraction of sp³-hybridized carbons (Fsp3) is 0.600. The third-order valence-corrected chi connectivity index (χ3v) is 5.24. The Bertz CT molecular complexity index is 520. The Morgan fingerprint density at radius 3 is 2.75 bits per heavy atom. The first kappa shape index (κ1) is 13.6. The summed E-state index contributed by atoms with van der Waals surface area (Å²) in [5.41, 5.74) is -0.750. The number of carbonyl (C=O) groups is 2. The molecular weight excluding hydrogens is 272 g/mol. The van der Waals surface area contributed by atoms with Crippen LogP contribution in [0.3, 0.4) is 0 Å². The van der Waals surface area contributed by atoms with E-state index in [1.807, 2.05) is 25.3 Å². The maximum atomic E-state index is 12.6. The van der Waals surface area contributed by atoms with Crippen molar-refractivity contribution in [1.82, 2.24) is 10.2 Å². The van der Waals surface area contributed by atoms with Crippen molar-refractivity contribution < 1.29 is 9.59 Å². The summed E-state index contributed by atoms with van der Waals surface area (Å²) in [6.07, 6.45) is 2.92. The molecule has 1 aliphatic heterocycles. The van der Waals surface area contributed by atoms with Gasteiger partial charge in [-0.25, -0.2) is 0 Å². The number of piperazine rings is 1. The van der Waals surface area contributed by atoms with E-state index in [0.717, 1.165) is 19.3 Å². The van der Waals surface area contributed by atoms with Crippen LogP contribution in [-0.4, -0.2) is 34.8 Å². The van der Waals surface area contributed by atoms with Crippen LogP contribution < -0.4 is 5.32 Å². The summed E-state index contributed by atoms with van der Waals surface area (Å²) in [5.74, 6) is 0.417. The van der Waals surface area contributed by atoms with E-state index < -0.39 is 5.54 Å². The lowest BCUT2D eigenvalue weighted by Gasteiger charge is -2.44. The summed E-state index contributed by atoms with van der Waals surface area (Å²) < 4.78 is 0. The van der Waals surface area contributed by atoms with Gasteiger partial charge in [-0.05, 0) is 50.5 Å². The Labute approximate surface area is 123 Å². The van der Waals surface area contributed by atoms with Crippen molar-refractivity contribution in [3.63, 3.8) is 0 Å². The first-order valence-electron chi connectivity index (χ1n) is 7.15. The van der Waals surface area contributed by atoms with Gasteiger partial charge in [0.25, 0.3) is 0 Å². The van der Waals surface area contributed by atoms with E-state index in [1.54, 1.807) is 16.2 Å². The number of nitrogens with one attached hydrogen (secondary N) is 1. The SMILES string of the molecule is CC1(C)C(=O)NC(C2CC2)C(=O)N1CCc1cccs1. The van der Waals surface area contributed by atoms with Gasteiger partial charge in [-0.15, -0.1) is 11.3 Å². The van der Waals surface area contributed by atoms with Gasteiger partial charge in [-0.2, -0.15) is 0 Å². The Kier molecular flexibility index (Phi) is 3.32. The molecule has 3 rings (SSSR count). The summed E-state index contributed by atoms with van der Waals surface area (Å²) in [6.45, 7) is 4.28. The molecule has 1 aromatic heterocycles.